The zero-order valence-electron chi connectivity index (χ0n) is 51.0. The van der Waals surface area contributed by atoms with Gasteiger partial charge in [-0.05, 0) is 125 Å². The van der Waals surface area contributed by atoms with E-state index in [4.69, 9.17) is 39.5 Å². The van der Waals surface area contributed by atoms with Crippen molar-refractivity contribution in [1.82, 2.24) is 40.6 Å². The van der Waals surface area contributed by atoms with Crippen LogP contribution in [0.2, 0.25) is 0 Å². The third kappa shape index (κ3) is 15.5. The number of halogens is 2. The van der Waals surface area contributed by atoms with E-state index >= 15 is 0 Å². The summed E-state index contributed by atoms with van der Waals surface area (Å²) in [6, 6.07) is 9.20. The molecule has 5 N–H and O–H groups in total. The highest BCUT2D eigenvalue weighted by atomic mass is 32.2. The lowest BCUT2D eigenvalue weighted by Gasteiger charge is -2.38. The number of likely N-dealkylation sites (tertiary alicyclic amines) is 2. The average Bonchev–Trinajstić information content (AvgIpc) is 3.30. The zero-order chi connectivity index (χ0) is 62.5. The number of methoxy groups -OCH3 is 1. The Labute approximate surface area is 517 Å². The molecular weight excluding hydrogens is 1160 g/mol. The van der Waals surface area contributed by atoms with Gasteiger partial charge in [0.15, 0.2) is 12.0 Å². The Kier molecular flexibility index (Phi) is 22.9. The van der Waals surface area contributed by atoms with Gasteiger partial charge in [0.05, 0.1) is 112 Å². The number of aromatic nitrogens is 1. The van der Waals surface area contributed by atoms with Crippen LogP contribution >= 0.6 is 11.8 Å². The van der Waals surface area contributed by atoms with Crippen molar-refractivity contribution in [1.29, 1.82) is 0 Å². The fraction of sp³-hybridized carbons (Fsp3) is 0.597. The van der Waals surface area contributed by atoms with Gasteiger partial charge in [0.1, 0.15) is 29.5 Å². The van der Waals surface area contributed by atoms with Crippen LogP contribution in [0.4, 0.5) is 20.3 Å². The normalized spacial score (nSPS) is 22.7. The number of nitrogens with two attached hydrogens (primary N) is 1. The van der Waals surface area contributed by atoms with Crippen molar-refractivity contribution in [3.63, 3.8) is 0 Å². The first-order chi connectivity index (χ1) is 42.5. The Morgan fingerprint density at radius 1 is 0.841 bits per heavy atom. The van der Waals surface area contributed by atoms with Crippen molar-refractivity contribution in [3.8, 4) is 0 Å². The molecule has 3 aromatic rings. The number of thioether (sulfide) groups is 1. The largest absolute Gasteiger partial charge is 0.382 e. The number of carbonyl (C=O) groups is 6. The average molecular weight is 1240 g/mol. The van der Waals surface area contributed by atoms with Crippen molar-refractivity contribution in [3.05, 3.63) is 88.6 Å². The summed E-state index contributed by atoms with van der Waals surface area (Å²) in [5.74, 6) is -1.48. The van der Waals surface area contributed by atoms with Crippen LogP contribution in [0.25, 0.3) is 0 Å². The Hall–Kier alpha value is -6.68. The number of hydrazone groups is 1. The number of nitrogens with one attached hydrogen (secondary N) is 3. The van der Waals surface area contributed by atoms with Gasteiger partial charge in [0.25, 0.3) is 5.91 Å². The maximum atomic E-state index is 14.8. The highest BCUT2D eigenvalue weighted by Gasteiger charge is 2.51. The predicted octanol–water partition coefficient (Wildman–Crippen LogP) is 3.95. The van der Waals surface area contributed by atoms with Crippen molar-refractivity contribution in [2.75, 3.05) is 136 Å². The number of piperidine rings is 1. The molecule has 2 aromatic carbocycles. The number of rotatable bonds is 27. The van der Waals surface area contributed by atoms with Crippen LogP contribution in [-0.4, -0.2) is 227 Å². The molecule has 3 saturated heterocycles. The van der Waals surface area contributed by atoms with E-state index in [0.717, 1.165) is 23.4 Å². The summed E-state index contributed by atoms with van der Waals surface area (Å²) >= 11 is 1.46. The minimum atomic E-state index is -0.875. The van der Waals surface area contributed by atoms with Gasteiger partial charge < -0.3 is 65.0 Å². The molecule has 26 heteroatoms. The monoisotopic (exact) mass is 1240 g/mol. The molecule has 6 aliphatic rings. The molecule has 7 atom stereocenters. The van der Waals surface area contributed by atoms with Crippen molar-refractivity contribution >= 4 is 69.3 Å². The summed E-state index contributed by atoms with van der Waals surface area (Å²) in [6.07, 6.45) is 5.46. The summed E-state index contributed by atoms with van der Waals surface area (Å²) in [4.78, 5) is 97.9. The van der Waals surface area contributed by atoms with Gasteiger partial charge in [-0.3, -0.25) is 38.8 Å². The number of nitrogen functional groups attached to an aromatic ring is 1. The summed E-state index contributed by atoms with van der Waals surface area (Å²) in [7, 11) is 4.99. The number of likely N-dealkylation sites (N-methyl/N-ethyl adjacent to an activating group) is 1. The van der Waals surface area contributed by atoms with E-state index in [1.54, 1.807) is 60.1 Å². The lowest BCUT2D eigenvalue weighted by Crippen LogP contribution is -2.58. The number of fused-ring (bicyclic) bond motifs is 8. The first kappa shape index (κ1) is 65.8. The second kappa shape index (κ2) is 30.7. The molecular formula is C62H84F2N12O11S. The molecule has 9 rings (SSSR count). The van der Waals surface area contributed by atoms with E-state index in [9.17, 15) is 37.5 Å². The topological polar surface area (TPSA) is 264 Å². The second-order valence-electron chi connectivity index (χ2n) is 23.2. The fourth-order valence-corrected chi connectivity index (χ4v) is 13.7. The number of Topliss-reactive ketones (excluding diaryl/α,β-unsaturated/α-hetero) is 1. The van der Waals surface area contributed by atoms with E-state index in [1.165, 1.54) is 48.2 Å². The van der Waals surface area contributed by atoms with Crippen LogP contribution in [0.3, 0.4) is 0 Å². The van der Waals surface area contributed by atoms with Gasteiger partial charge in [-0.15, -0.1) is 11.8 Å². The SMILES string of the molecule is CN[C@H](C)C(=O)N[C@@H](C(=O)N1CCC[C@@H]1C1=NC(C(=O)c2ccc(F)cc2)CS1)C1CCN(C(=O)CCOCCOCCOCCOCCC(=O)NCCN2N=C3CN(C)C(=O)c4ccc(F)cc4[C@H]4CCCN4c4cc(cnc4N)C3(C)C2OC)CC1. The second-order valence-corrected chi connectivity index (χ2v) is 24.3. The smallest absolute Gasteiger partial charge is 0.254 e. The van der Waals surface area contributed by atoms with Crippen LogP contribution in [-0.2, 0) is 48.3 Å². The van der Waals surface area contributed by atoms with Crippen LogP contribution < -0.4 is 26.6 Å². The third-order valence-electron chi connectivity index (χ3n) is 17.6. The van der Waals surface area contributed by atoms with Gasteiger partial charge in [-0.1, -0.05) is 0 Å². The highest BCUT2D eigenvalue weighted by Crippen LogP contribution is 2.45. The van der Waals surface area contributed by atoms with Crippen LogP contribution in [0.5, 0.6) is 0 Å². The molecule has 1 aromatic heterocycles. The molecule has 0 spiro atoms. The van der Waals surface area contributed by atoms with E-state index in [0.29, 0.717) is 131 Å². The number of carbonyl (C=O) groups excluding carboxylic acids is 6. The Bertz CT molecular complexity index is 3030. The fourth-order valence-electron chi connectivity index (χ4n) is 12.5. The summed E-state index contributed by atoms with van der Waals surface area (Å²) in [6.45, 7) is 8.75. The number of hydrogen-bond donors (Lipinski definition) is 4. The van der Waals surface area contributed by atoms with Gasteiger partial charge in [0.2, 0.25) is 23.6 Å². The van der Waals surface area contributed by atoms with Gasteiger partial charge >= 0.3 is 0 Å². The Morgan fingerprint density at radius 3 is 2.19 bits per heavy atom. The quantitative estimate of drug-likeness (QED) is 0.0622. The maximum Gasteiger partial charge on any atom is 0.254 e. The number of ketones is 1. The first-order valence-corrected chi connectivity index (χ1v) is 31.6. The van der Waals surface area contributed by atoms with Gasteiger partial charge in [0, 0.05) is 76.4 Å². The van der Waals surface area contributed by atoms with Crippen LogP contribution in [0.1, 0.15) is 103 Å². The lowest BCUT2D eigenvalue weighted by molar-refractivity contribution is -0.140. The molecule has 478 valence electrons. The molecule has 0 radical (unpaired) electrons. The van der Waals surface area contributed by atoms with E-state index < -0.39 is 41.4 Å². The number of nitrogens with zero attached hydrogens (tertiary/aromatic N) is 8. The molecule has 7 heterocycles. The number of amides is 5. The van der Waals surface area contributed by atoms with Crippen molar-refractivity contribution < 1.29 is 61.2 Å². The predicted molar refractivity (Wildman–Crippen MR) is 328 cm³/mol. The third-order valence-corrected chi connectivity index (χ3v) is 18.8. The van der Waals surface area contributed by atoms with E-state index in [-0.39, 0.29) is 99.1 Å². The highest BCUT2D eigenvalue weighted by molar-refractivity contribution is 8.14. The van der Waals surface area contributed by atoms with Gasteiger partial charge in [-0.25, -0.2) is 13.8 Å². The standard InChI is InChI=1S/C62H84F2N12O11S/c1-39(66-3)57(80)70-54(60(82)75-22-7-9-49(75)58-69-47(38-88-58)55(79)41-10-12-43(63)13-11-41)40-16-23-73(24-17-40)53(78)19-27-85-29-31-87-33-32-86-30-28-84-26-18-52(77)67-20-25-76-61(83-5)62(2)42-34-50(56(65)68-36-42)74-21-6-8-48(74)46-35-44(64)14-15-45(46)59(81)72(4)37-51(62)71-76/h10-15,34-36,39-40,47-49,54,61,66H,6-9,16-33,37-38H2,1-5H3,(H2,65,68)(H,67,77)(H,70,80)/t39-,47?,48-,49-,54-,61?,62?/m1/s1. The van der Waals surface area contributed by atoms with Crippen molar-refractivity contribution in [2.24, 2.45) is 16.0 Å². The first-order valence-electron chi connectivity index (χ1n) is 30.6. The maximum absolute atomic E-state index is 14.8. The number of benzene rings is 2. The Morgan fingerprint density at radius 2 is 1.50 bits per heavy atom. The zero-order valence-corrected chi connectivity index (χ0v) is 51.8. The molecule has 5 amide bonds. The Balaban J connectivity index is 0.631. The molecule has 0 aliphatic carbocycles. The molecule has 88 heavy (non-hydrogen) atoms. The number of ether oxygens (including phenoxy) is 5. The molecule has 2 bridgehead atoms. The molecule has 3 fully saturated rings. The molecule has 0 saturated carbocycles. The van der Waals surface area contributed by atoms with Crippen molar-refractivity contribution in [2.45, 2.75) is 107 Å². The molecule has 23 nitrogen and oxygen atoms in total. The number of anilines is 2. The summed E-state index contributed by atoms with van der Waals surface area (Å²) < 4.78 is 57.1. The van der Waals surface area contributed by atoms with E-state index in [1.807, 2.05) is 13.0 Å². The lowest BCUT2D eigenvalue weighted by atomic mass is 9.77. The summed E-state index contributed by atoms with van der Waals surface area (Å²) in [5.41, 5.74) is 9.22. The van der Waals surface area contributed by atoms with E-state index in [2.05, 4.69) is 25.8 Å². The molecule has 6 aliphatic heterocycles. The van der Waals surface area contributed by atoms with Crippen LogP contribution in [0, 0.1) is 17.6 Å². The minimum Gasteiger partial charge on any atom is -0.382 e. The van der Waals surface area contributed by atoms with Crippen LogP contribution in [0.15, 0.2) is 64.8 Å². The number of pyridine rings is 1. The number of hydrogen-bond acceptors (Lipinski definition) is 19. The molecule has 3 unspecified atom stereocenters. The van der Waals surface area contributed by atoms with Gasteiger partial charge in [-0.2, -0.15) is 5.10 Å². The number of aliphatic imine (C=N–C) groups is 1. The minimum absolute atomic E-state index is 0.0544. The summed E-state index contributed by atoms with van der Waals surface area (Å²) in [5, 5.41) is 16.4.